The molecule has 0 fully saturated rings. The predicted molar refractivity (Wildman–Crippen MR) is 94.4 cm³/mol. The van der Waals surface area contributed by atoms with Gasteiger partial charge in [0, 0.05) is 6.07 Å². The summed E-state index contributed by atoms with van der Waals surface area (Å²) in [6.45, 7) is 1.47. The Morgan fingerprint density at radius 3 is 2.38 bits per heavy atom. The first-order chi connectivity index (χ1) is 12.1. The molecule has 2 rings (SSSR count). The molecular weight excluding hydrogens is 362 g/mol. The van der Waals surface area contributed by atoms with Crippen molar-refractivity contribution in [1.29, 1.82) is 0 Å². The summed E-state index contributed by atoms with van der Waals surface area (Å²) in [7, 11) is -4.25. The lowest BCUT2D eigenvalue weighted by Gasteiger charge is -2.25. The molecule has 2 aromatic carbocycles. The van der Waals surface area contributed by atoms with E-state index in [0.717, 1.165) is 4.90 Å². The summed E-state index contributed by atoms with van der Waals surface area (Å²) in [4.78, 5) is 24.5. The van der Waals surface area contributed by atoms with Gasteiger partial charge >= 0.3 is 22.3 Å². The number of carboxylic acids is 1. The van der Waals surface area contributed by atoms with Gasteiger partial charge in [-0.1, -0.05) is 24.3 Å². The van der Waals surface area contributed by atoms with Crippen LogP contribution in [0, 0.1) is 0 Å². The third-order valence-electron chi connectivity index (χ3n) is 3.52. The fourth-order valence-electron chi connectivity index (χ4n) is 2.38. The third kappa shape index (κ3) is 4.49. The lowest BCUT2D eigenvalue weighted by molar-refractivity contribution is -0.138. The van der Waals surface area contributed by atoms with Gasteiger partial charge in [0.05, 0.1) is 17.3 Å². The zero-order valence-electron chi connectivity index (χ0n) is 13.7. The quantitative estimate of drug-likeness (QED) is 0.694. The topological polar surface area (TPSA) is 153 Å². The van der Waals surface area contributed by atoms with E-state index in [-0.39, 0.29) is 17.1 Å². The van der Waals surface area contributed by atoms with E-state index in [2.05, 4.69) is 4.18 Å². The number of carbonyl (C=O) groups excluding carboxylic acids is 1. The molecule has 10 heteroatoms. The van der Waals surface area contributed by atoms with E-state index < -0.39 is 28.2 Å². The molecule has 1 unspecified atom stereocenters. The molecule has 26 heavy (non-hydrogen) atoms. The van der Waals surface area contributed by atoms with Gasteiger partial charge in [-0.25, -0.2) is 4.79 Å². The largest absolute Gasteiger partial charge is 0.481 e. The molecule has 1 atom stereocenters. The Bertz CT molecular complexity index is 945. The number of hydrogen-bond acceptors (Lipinski definition) is 5. The molecule has 0 bridgehead atoms. The Kier molecular flexibility index (Phi) is 5.48. The van der Waals surface area contributed by atoms with Crippen LogP contribution in [0.2, 0.25) is 0 Å². The van der Waals surface area contributed by atoms with Crippen LogP contribution in [0.5, 0.6) is 5.75 Å². The summed E-state index contributed by atoms with van der Waals surface area (Å²) in [5, 5.41) is 14.1. The molecule has 9 nitrogen and oxygen atoms in total. The number of hydrogen-bond donors (Lipinski definition) is 3. The Hall–Kier alpha value is -3.11. The molecule has 0 aliphatic carbocycles. The molecule has 0 saturated carbocycles. The molecule has 0 aromatic heterocycles. The number of benzene rings is 2. The maximum absolute atomic E-state index is 12.1. The summed E-state index contributed by atoms with van der Waals surface area (Å²) in [5.74, 6) is -2.11. The van der Waals surface area contributed by atoms with Crippen LogP contribution in [0.4, 0.5) is 16.2 Å². The van der Waals surface area contributed by atoms with Crippen molar-refractivity contribution in [3.63, 3.8) is 0 Å². The van der Waals surface area contributed by atoms with E-state index >= 15 is 0 Å². The molecule has 2 amide bonds. The SMILES string of the molecule is CC(C(=O)O)c1ccccc1N(C(N)=O)c1cccc(OS(N)(=O)=O)c1. The van der Waals surface area contributed by atoms with Gasteiger partial charge in [0.1, 0.15) is 5.75 Å². The van der Waals surface area contributed by atoms with Crippen LogP contribution in [-0.2, 0) is 15.1 Å². The van der Waals surface area contributed by atoms with Gasteiger partial charge in [-0.15, -0.1) is 0 Å². The van der Waals surface area contributed by atoms with Crippen molar-refractivity contribution in [2.24, 2.45) is 10.9 Å². The average Bonchev–Trinajstić information content (AvgIpc) is 2.53. The van der Waals surface area contributed by atoms with E-state index in [9.17, 15) is 23.1 Å². The van der Waals surface area contributed by atoms with Gasteiger partial charge < -0.3 is 15.0 Å². The normalized spacial score (nSPS) is 12.2. The average molecular weight is 379 g/mol. The lowest BCUT2D eigenvalue weighted by Crippen LogP contribution is -2.32. The highest BCUT2D eigenvalue weighted by Crippen LogP contribution is 2.34. The minimum absolute atomic E-state index is 0.125. The molecule has 2 aromatic rings. The predicted octanol–water partition coefficient (Wildman–Crippen LogP) is 1.67. The zero-order valence-corrected chi connectivity index (χ0v) is 14.5. The number of urea groups is 1. The molecule has 0 aliphatic rings. The molecule has 0 radical (unpaired) electrons. The highest BCUT2D eigenvalue weighted by molar-refractivity contribution is 7.84. The number of nitrogens with two attached hydrogens (primary N) is 2. The highest BCUT2D eigenvalue weighted by atomic mass is 32.2. The van der Waals surface area contributed by atoms with Gasteiger partial charge in [-0.3, -0.25) is 9.69 Å². The van der Waals surface area contributed by atoms with Crippen molar-refractivity contribution in [2.45, 2.75) is 12.8 Å². The number of amides is 2. The van der Waals surface area contributed by atoms with Gasteiger partial charge in [-0.2, -0.15) is 13.6 Å². The van der Waals surface area contributed by atoms with Crippen molar-refractivity contribution < 1.29 is 27.3 Å². The fourth-order valence-corrected chi connectivity index (χ4v) is 2.76. The Labute approximate surface area is 150 Å². The standard InChI is InChI=1S/C16H17N3O6S/c1-10(15(20)21)13-7-2-3-8-14(13)19(16(17)22)11-5-4-6-12(9-11)25-26(18,23)24/h2-10H,1H3,(H2,17,22)(H,20,21)(H2,18,23,24). The van der Waals surface area contributed by atoms with Crippen LogP contribution < -0.4 is 20.0 Å². The Balaban J connectivity index is 2.57. The number of carbonyl (C=O) groups is 2. The van der Waals surface area contributed by atoms with Gasteiger partial charge in [0.25, 0.3) is 0 Å². The molecule has 138 valence electrons. The maximum atomic E-state index is 12.1. The summed E-state index contributed by atoms with van der Waals surface area (Å²) < 4.78 is 26.8. The van der Waals surface area contributed by atoms with Crippen LogP contribution in [-0.4, -0.2) is 25.5 Å². The van der Waals surface area contributed by atoms with Crippen LogP contribution >= 0.6 is 0 Å². The van der Waals surface area contributed by atoms with Crippen molar-refractivity contribution in [3.05, 3.63) is 54.1 Å². The number of nitrogens with zero attached hydrogens (tertiary/aromatic N) is 1. The molecular formula is C16H17N3O6S. The van der Waals surface area contributed by atoms with E-state index in [1.54, 1.807) is 18.2 Å². The van der Waals surface area contributed by atoms with Crippen LogP contribution in [0.1, 0.15) is 18.4 Å². The third-order valence-corrected chi connectivity index (χ3v) is 3.95. The van der Waals surface area contributed by atoms with Crippen molar-refractivity contribution in [1.82, 2.24) is 0 Å². The van der Waals surface area contributed by atoms with Crippen molar-refractivity contribution in [3.8, 4) is 5.75 Å². The van der Waals surface area contributed by atoms with Gasteiger partial charge in [-0.05, 0) is 30.7 Å². The molecule has 0 aliphatic heterocycles. The van der Waals surface area contributed by atoms with Crippen molar-refractivity contribution >= 4 is 33.7 Å². The van der Waals surface area contributed by atoms with Crippen LogP contribution in [0.15, 0.2) is 48.5 Å². The summed E-state index contributed by atoms with van der Waals surface area (Å²) in [6.07, 6.45) is 0. The molecule has 0 heterocycles. The van der Waals surface area contributed by atoms with Crippen LogP contribution in [0.25, 0.3) is 0 Å². The second-order valence-corrected chi connectivity index (χ2v) is 6.52. The lowest BCUT2D eigenvalue weighted by atomic mass is 9.98. The molecule has 5 N–H and O–H groups in total. The first-order valence-corrected chi connectivity index (χ1v) is 8.81. The van der Waals surface area contributed by atoms with Gasteiger partial charge in [0.2, 0.25) is 0 Å². The smallest absolute Gasteiger partial charge is 0.380 e. The van der Waals surface area contributed by atoms with E-state index in [0.29, 0.717) is 5.56 Å². The first kappa shape index (κ1) is 19.2. The highest BCUT2D eigenvalue weighted by Gasteiger charge is 2.24. The van der Waals surface area contributed by atoms with Crippen molar-refractivity contribution in [2.75, 3.05) is 4.90 Å². The minimum Gasteiger partial charge on any atom is -0.481 e. The summed E-state index contributed by atoms with van der Waals surface area (Å²) in [5.41, 5.74) is 6.27. The fraction of sp³-hybridized carbons (Fsp3) is 0.125. The van der Waals surface area contributed by atoms with Gasteiger partial charge in [0.15, 0.2) is 0 Å². The minimum atomic E-state index is -4.25. The second-order valence-electron chi connectivity index (χ2n) is 5.37. The first-order valence-electron chi connectivity index (χ1n) is 7.33. The maximum Gasteiger partial charge on any atom is 0.380 e. The number of anilines is 2. The zero-order chi connectivity index (χ0) is 19.5. The number of aliphatic carboxylic acids is 1. The molecule has 0 spiro atoms. The summed E-state index contributed by atoms with van der Waals surface area (Å²) in [6, 6.07) is 11.0. The second kappa shape index (κ2) is 7.42. The monoisotopic (exact) mass is 379 g/mol. The Morgan fingerprint density at radius 1 is 1.15 bits per heavy atom. The van der Waals surface area contributed by atoms with E-state index in [1.807, 2.05) is 0 Å². The van der Waals surface area contributed by atoms with E-state index in [4.69, 9.17) is 10.9 Å². The van der Waals surface area contributed by atoms with Crippen LogP contribution in [0.3, 0.4) is 0 Å². The Morgan fingerprint density at radius 2 is 1.81 bits per heavy atom. The van der Waals surface area contributed by atoms with E-state index in [1.165, 1.54) is 37.3 Å². The number of primary amides is 1. The number of rotatable bonds is 6. The number of carboxylic acid groups (broad SMARTS) is 1. The molecule has 0 saturated heterocycles. The summed E-state index contributed by atoms with van der Waals surface area (Å²) >= 11 is 0. The number of para-hydroxylation sites is 1.